The average Bonchev–Trinajstić information content (AvgIpc) is 2.44. The zero-order valence-electron chi connectivity index (χ0n) is 13.0. The molecule has 1 heterocycles. The summed E-state index contributed by atoms with van der Waals surface area (Å²) in [6, 6.07) is 8.66. The van der Waals surface area contributed by atoms with Crippen molar-refractivity contribution >= 4 is 39.5 Å². The van der Waals surface area contributed by atoms with E-state index in [0.717, 1.165) is 15.8 Å². The van der Waals surface area contributed by atoms with Crippen LogP contribution in [0.5, 0.6) is 0 Å². The number of fused-ring (bicyclic) bond motifs is 1. The number of aliphatic imine (C=N–C) groups is 1. The Kier molecular flexibility index (Phi) is 5.76. The zero-order valence-corrected chi connectivity index (χ0v) is 14.6. The predicted octanol–water partition coefficient (Wildman–Crippen LogP) is 4.30. The lowest BCUT2D eigenvalue weighted by atomic mass is 10.2. The molecule has 3 nitrogen and oxygen atoms in total. The summed E-state index contributed by atoms with van der Waals surface area (Å²) >= 11 is 3.27. The van der Waals surface area contributed by atoms with E-state index >= 15 is 0 Å². The van der Waals surface area contributed by atoms with E-state index < -0.39 is 0 Å². The summed E-state index contributed by atoms with van der Waals surface area (Å²) in [7, 11) is 0. The quantitative estimate of drug-likeness (QED) is 0.828. The van der Waals surface area contributed by atoms with E-state index in [-0.39, 0.29) is 18.0 Å². The first-order chi connectivity index (χ1) is 9.99. The van der Waals surface area contributed by atoms with Crippen molar-refractivity contribution in [2.45, 2.75) is 45.5 Å². The lowest BCUT2D eigenvalue weighted by molar-refractivity contribution is -0.131. The lowest BCUT2D eigenvalue weighted by Gasteiger charge is -2.30. The van der Waals surface area contributed by atoms with Gasteiger partial charge in [-0.05, 0) is 39.3 Å². The molecule has 5 heteroatoms. The van der Waals surface area contributed by atoms with Crippen molar-refractivity contribution < 1.29 is 4.79 Å². The number of hydrogen-bond acceptors (Lipinski definition) is 4. The maximum Gasteiger partial charge on any atom is 0.233 e. The van der Waals surface area contributed by atoms with Crippen molar-refractivity contribution in [3.63, 3.8) is 0 Å². The van der Waals surface area contributed by atoms with E-state index in [2.05, 4.69) is 38.8 Å². The molecule has 1 aliphatic heterocycles. The minimum Gasteiger partial charge on any atom is -0.337 e. The Hall–Kier alpha value is -0.940. The molecule has 0 bridgehead atoms. The van der Waals surface area contributed by atoms with Gasteiger partial charge in [-0.3, -0.25) is 4.79 Å². The molecule has 0 unspecified atom stereocenters. The second kappa shape index (κ2) is 7.36. The van der Waals surface area contributed by atoms with Gasteiger partial charge in [0.25, 0.3) is 0 Å². The van der Waals surface area contributed by atoms with Crippen LogP contribution in [0.2, 0.25) is 0 Å². The predicted molar refractivity (Wildman–Crippen MR) is 94.4 cm³/mol. The Bertz CT molecular complexity index is 533. The Morgan fingerprint density at radius 3 is 2.62 bits per heavy atom. The Morgan fingerprint density at radius 1 is 1.29 bits per heavy atom. The van der Waals surface area contributed by atoms with Gasteiger partial charge in [-0.2, -0.15) is 0 Å². The number of carbonyl (C=O) groups excluding carboxylic acids is 1. The molecule has 0 radical (unpaired) electrons. The summed E-state index contributed by atoms with van der Waals surface area (Å²) in [6.45, 7) is 8.24. The monoisotopic (exact) mass is 322 g/mol. The normalized spacial score (nSPS) is 14.1. The van der Waals surface area contributed by atoms with Crippen molar-refractivity contribution in [2.24, 2.45) is 4.99 Å². The van der Waals surface area contributed by atoms with Crippen LogP contribution in [0.25, 0.3) is 0 Å². The molecular weight excluding hydrogens is 300 g/mol. The van der Waals surface area contributed by atoms with Gasteiger partial charge in [0.05, 0.1) is 11.4 Å². The van der Waals surface area contributed by atoms with Crippen molar-refractivity contribution in [3.8, 4) is 0 Å². The van der Waals surface area contributed by atoms with E-state index in [1.54, 1.807) is 23.5 Å². The van der Waals surface area contributed by atoms with Crippen molar-refractivity contribution in [3.05, 3.63) is 29.8 Å². The minimum absolute atomic E-state index is 0.187. The first-order valence-electron chi connectivity index (χ1n) is 7.22. The first kappa shape index (κ1) is 16.4. The molecule has 0 saturated heterocycles. The van der Waals surface area contributed by atoms with Gasteiger partial charge in [-0.1, -0.05) is 41.7 Å². The summed E-state index contributed by atoms with van der Waals surface area (Å²) in [5, 5.41) is 0. The number of thioether (sulfide) groups is 2. The molecule has 2 rings (SSSR count). The third-order valence-corrected chi connectivity index (χ3v) is 5.50. The maximum atomic E-state index is 12.4. The molecule has 114 valence electrons. The topological polar surface area (TPSA) is 32.7 Å². The molecular formula is C16H22N2OS2. The smallest absolute Gasteiger partial charge is 0.233 e. The average molecular weight is 322 g/mol. The lowest BCUT2D eigenvalue weighted by Crippen LogP contribution is -2.43. The minimum atomic E-state index is 0.187. The highest BCUT2D eigenvalue weighted by molar-refractivity contribution is 8.38. The van der Waals surface area contributed by atoms with Gasteiger partial charge in [0.15, 0.2) is 0 Å². The molecule has 0 saturated carbocycles. The van der Waals surface area contributed by atoms with Gasteiger partial charge >= 0.3 is 0 Å². The molecule has 1 aliphatic rings. The number of carbonyl (C=O) groups is 1. The number of benzene rings is 1. The largest absolute Gasteiger partial charge is 0.337 e. The molecule has 0 fully saturated rings. The Morgan fingerprint density at radius 2 is 1.95 bits per heavy atom. The third kappa shape index (κ3) is 4.27. The van der Waals surface area contributed by atoms with Crippen LogP contribution in [0, 0.1) is 0 Å². The number of hydrogen-bond donors (Lipinski definition) is 0. The van der Waals surface area contributed by atoms with Crippen molar-refractivity contribution in [2.75, 3.05) is 5.75 Å². The van der Waals surface area contributed by atoms with Crippen molar-refractivity contribution in [1.82, 2.24) is 4.90 Å². The molecule has 0 atom stereocenters. The van der Waals surface area contributed by atoms with E-state index in [9.17, 15) is 4.79 Å². The summed E-state index contributed by atoms with van der Waals surface area (Å²) in [5.41, 5.74) is 2.31. The SMILES string of the molecule is CC(C)N(C(=O)CSC1=Nc2ccccc2CS1)C(C)C. The summed E-state index contributed by atoms with van der Waals surface area (Å²) in [5.74, 6) is 1.59. The van der Waals surface area contributed by atoms with Crippen molar-refractivity contribution in [1.29, 1.82) is 0 Å². The maximum absolute atomic E-state index is 12.4. The molecule has 0 N–H and O–H groups in total. The fourth-order valence-electron chi connectivity index (χ4n) is 2.46. The standard InChI is InChI=1S/C16H22N2OS2/c1-11(2)18(12(3)4)15(19)10-21-16-17-14-8-6-5-7-13(14)9-20-16/h5-8,11-12H,9-10H2,1-4H3. The molecule has 0 aromatic heterocycles. The fourth-order valence-corrected chi connectivity index (χ4v) is 4.39. The number of nitrogens with zero attached hydrogens (tertiary/aromatic N) is 2. The van der Waals surface area contributed by atoms with Gasteiger partial charge < -0.3 is 4.90 Å². The van der Waals surface area contributed by atoms with E-state index in [0.29, 0.717) is 5.75 Å². The van der Waals surface area contributed by atoms with Gasteiger partial charge in [-0.25, -0.2) is 4.99 Å². The second-order valence-corrected chi connectivity index (χ2v) is 7.76. The molecule has 1 amide bonds. The van der Waals surface area contributed by atoms with Crippen LogP contribution in [0.15, 0.2) is 29.3 Å². The number of rotatable bonds is 4. The van der Waals surface area contributed by atoms with Crippen LogP contribution in [0.1, 0.15) is 33.3 Å². The highest BCUT2D eigenvalue weighted by Gasteiger charge is 2.21. The molecule has 0 spiro atoms. The van der Waals surface area contributed by atoms with E-state index in [4.69, 9.17) is 0 Å². The number of para-hydroxylation sites is 1. The highest BCUT2D eigenvalue weighted by atomic mass is 32.2. The van der Waals surface area contributed by atoms with Crippen LogP contribution >= 0.6 is 23.5 Å². The van der Waals surface area contributed by atoms with Crippen LogP contribution in [-0.2, 0) is 10.5 Å². The summed E-state index contributed by atoms with van der Waals surface area (Å²) in [4.78, 5) is 18.9. The van der Waals surface area contributed by atoms with E-state index in [1.165, 1.54) is 5.56 Å². The Balaban J connectivity index is 1.98. The van der Waals surface area contributed by atoms with Gasteiger partial charge in [0, 0.05) is 17.8 Å². The molecule has 0 aliphatic carbocycles. The first-order valence-corrected chi connectivity index (χ1v) is 9.19. The van der Waals surface area contributed by atoms with Crippen LogP contribution in [0.4, 0.5) is 5.69 Å². The fraction of sp³-hybridized carbons (Fsp3) is 0.500. The van der Waals surface area contributed by atoms with Crippen LogP contribution in [0.3, 0.4) is 0 Å². The van der Waals surface area contributed by atoms with Gasteiger partial charge in [0.2, 0.25) is 5.91 Å². The van der Waals surface area contributed by atoms with Gasteiger partial charge in [-0.15, -0.1) is 0 Å². The molecule has 1 aromatic rings. The summed E-state index contributed by atoms with van der Waals surface area (Å²) < 4.78 is 0.995. The van der Waals surface area contributed by atoms with E-state index in [1.807, 2.05) is 23.1 Å². The van der Waals surface area contributed by atoms with Crippen LogP contribution < -0.4 is 0 Å². The highest BCUT2D eigenvalue weighted by Crippen LogP contribution is 2.34. The zero-order chi connectivity index (χ0) is 15.4. The number of amides is 1. The Labute approximate surface area is 135 Å². The second-order valence-electron chi connectivity index (χ2n) is 5.57. The summed E-state index contributed by atoms with van der Waals surface area (Å²) in [6.07, 6.45) is 0. The third-order valence-electron chi connectivity index (χ3n) is 3.27. The molecule has 21 heavy (non-hydrogen) atoms. The van der Waals surface area contributed by atoms with Crippen LogP contribution in [-0.4, -0.2) is 33.0 Å². The molecule has 1 aromatic carbocycles. The van der Waals surface area contributed by atoms with Gasteiger partial charge in [0.1, 0.15) is 4.38 Å².